The summed E-state index contributed by atoms with van der Waals surface area (Å²) in [4.78, 5) is 20.9. The second kappa shape index (κ2) is 10.7. The van der Waals surface area contributed by atoms with Crippen LogP contribution in [0.3, 0.4) is 0 Å². The number of aliphatic imine (C=N–C) groups is 1. The van der Waals surface area contributed by atoms with Gasteiger partial charge in [0.2, 0.25) is 5.91 Å². The highest BCUT2D eigenvalue weighted by molar-refractivity contribution is 14.0. The summed E-state index contributed by atoms with van der Waals surface area (Å²) in [6.07, 6.45) is 4.11. The van der Waals surface area contributed by atoms with E-state index in [9.17, 15) is 4.79 Å². The molecule has 1 aromatic rings. The van der Waals surface area contributed by atoms with E-state index in [2.05, 4.69) is 27.3 Å². The first-order valence-corrected chi connectivity index (χ1v) is 9.18. The van der Waals surface area contributed by atoms with Crippen molar-refractivity contribution in [3.63, 3.8) is 0 Å². The molecule has 152 valence electrons. The molecule has 1 fully saturated rings. The molecule has 1 amide bonds. The van der Waals surface area contributed by atoms with Gasteiger partial charge >= 0.3 is 0 Å². The number of benzene rings is 1. The van der Waals surface area contributed by atoms with Crippen LogP contribution in [0.1, 0.15) is 31.2 Å². The lowest BCUT2D eigenvalue weighted by molar-refractivity contribution is -0.138. The molecule has 0 unspecified atom stereocenters. The van der Waals surface area contributed by atoms with E-state index in [0.29, 0.717) is 6.54 Å². The molecule has 1 aromatic carbocycles. The molecule has 0 aromatic heterocycles. The summed E-state index contributed by atoms with van der Waals surface area (Å²) in [6, 6.07) is 8.03. The highest BCUT2D eigenvalue weighted by atomic mass is 127. The van der Waals surface area contributed by atoms with Gasteiger partial charge < -0.3 is 19.9 Å². The van der Waals surface area contributed by atoms with Gasteiger partial charge in [0, 0.05) is 41.3 Å². The predicted molar refractivity (Wildman–Crippen MR) is 121 cm³/mol. The maximum absolute atomic E-state index is 12.7. The average molecular weight is 488 g/mol. The number of carbonyl (C=O) groups is 1. The lowest BCUT2D eigenvalue weighted by Gasteiger charge is -2.32. The Morgan fingerprint density at radius 1 is 1.19 bits per heavy atom. The monoisotopic (exact) mass is 488 g/mol. The number of carbonyl (C=O) groups excluding carboxylic acids is 1. The van der Waals surface area contributed by atoms with Crippen LogP contribution >= 0.6 is 24.0 Å². The fourth-order valence-corrected chi connectivity index (χ4v) is 3.71. The van der Waals surface area contributed by atoms with Crippen LogP contribution in [0.15, 0.2) is 29.3 Å². The topological polar surface area (TPSA) is 57.2 Å². The van der Waals surface area contributed by atoms with E-state index in [-0.39, 0.29) is 35.3 Å². The van der Waals surface area contributed by atoms with Gasteiger partial charge in [0.05, 0.1) is 12.5 Å². The zero-order valence-electron chi connectivity index (χ0n) is 17.1. The van der Waals surface area contributed by atoms with Crippen molar-refractivity contribution in [2.75, 3.05) is 41.8 Å². The number of rotatable bonds is 6. The third-order valence-electron chi connectivity index (χ3n) is 5.16. The minimum absolute atomic E-state index is 0. The molecule has 1 aliphatic carbocycles. The maximum Gasteiger partial charge on any atom is 0.230 e. The van der Waals surface area contributed by atoms with Crippen molar-refractivity contribution < 1.29 is 9.53 Å². The quantitative estimate of drug-likeness (QED) is 0.380. The summed E-state index contributed by atoms with van der Waals surface area (Å²) >= 11 is 0. The Morgan fingerprint density at radius 3 is 2.26 bits per heavy atom. The molecule has 1 N–H and O–H groups in total. The minimum Gasteiger partial charge on any atom is -0.497 e. The molecule has 0 spiro atoms. The Balaban J connectivity index is 0.00000364. The summed E-state index contributed by atoms with van der Waals surface area (Å²) in [6.45, 7) is 1.36. The largest absolute Gasteiger partial charge is 0.497 e. The van der Waals surface area contributed by atoms with E-state index in [0.717, 1.165) is 43.9 Å². The van der Waals surface area contributed by atoms with Gasteiger partial charge in [0.15, 0.2) is 5.96 Å². The van der Waals surface area contributed by atoms with Crippen molar-refractivity contribution in [3.8, 4) is 5.75 Å². The first kappa shape index (κ1) is 23.5. The van der Waals surface area contributed by atoms with Crippen molar-refractivity contribution in [3.05, 3.63) is 29.8 Å². The van der Waals surface area contributed by atoms with Gasteiger partial charge in [-0.25, -0.2) is 0 Å². The number of ether oxygens (including phenoxy) is 1. The van der Waals surface area contributed by atoms with Gasteiger partial charge in [-0.2, -0.15) is 0 Å². The number of guanidine groups is 1. The number of nitrogens with zero attached hydrogens (tertiary/aromatic N) is 3. The SMILES string of the molecule is CN=C(NCC1(C(=O)N(C)C)CCCC1)N(C)Cc1ccc(OC)cc1.I. The Morgan fingerprint density at radius 2 is 1.78 bits per heavy atom. The van der Waals surface area contributed by atoms with Crippen LogP contribution in [-0.2, 0) is 11.3 Å². The van der Waals surface area contributed by atoms with Crippen LogP contribution in [0.5, 0.6) is 5.75 Å². The number of nitrogens with one attached hydrogen (secondary N) is 1. The highest BCUT2D eigenvalue weighted by Gasteiger charge is 2.42. The van der Waals surface area contributed by atoms with Gasteiger partial charge in [0.1, 0.15) is 5.75 Å². The molecule has 2 rings (SSSR count). The molecule has 0 atom stereocenters. The smallest absolute Gasteiger partial charge is 0.230 e. The summed E-state index contributed by atoms with van der Waals surface area (Å²) in [5.41, 5.74) is 0.872. The van der Waals surface area contributed by atoms with E-state index in [1.807, 2.05) is 33.3 Å². The fourth-order valence-electron chi connectivity index (χ4n) is 3.71. The molecular formula is C20H33IN4O2. The van der Waals surface area contributed by atoms with Gasteiger partial charge in [0.25, 0.3) is 0 Å². The van der Waals surface area contributed by atoms with E-state index >= 15 is 0 Å². The molecule has 0 saturated heterocycles. The molecule has 6 nitrogen and oxygen atoms in total. The van der Waals surface area contributed by atoms with Crippen LogP contribution in [0.4, 0.5) is 0 Å². The van der Waals surface area contributed by atoms with Crippen molar-refractivity contribution in [2.24, 2.45) is 10.4 Å². The van der Waals surface area contributed by atoms with Crippen LogP contribution in [-0.4, -0.2) is 63.5 Å². The third-order valence-corrected chi connectivity index (χ3v) is 5.16. The highest BCUT2D eigenvalue weighted by Crippen LogP contribution is 2.38. The molecule has 0 radical (unpaired) electrons. The fraction of sp³-hybridized carbons (Fsp3) is 0.600. The molecule has 1 aliphatic rings. The lowest BCUT2D eigenvalue weighted by atomic mass is 9.84. The van der Waals surface area contributed by atoms with Crippen molar-refractivity contribution >= 4 is 35.8 Å². The molecule has 1 saturated carbocycles. The Kier molecular flexibility index (Phi) is 9.35. The summed E-state index contributed by atoms with van der Waals surface area (Å²) in [5, 5.41) is 3.43. The molecule has 0 aliphatic heterocycles. The molecular weight excluding hydrogens is 455 g/mol. The first-order valence-electron chi connectivity index (χ1n) is 9.18. The van der Waals surface area contributed by atoms with Crippen molar-refractivity contribution in [1.29, 1.82) is 0 Å². The summed E-state index contributed by atoms with van der Waals surface area (Å²) in [5.74, 6) is 1.87. The number of methoxy groups -OCH3 is 1. The van der Waals surface area contributed by atoms with Crippen LogP contribution in [0.2, 0.25) is 0 Å². The standard InChI is InChI=1S/C20H32N4O2.HI/c1-21-19(24(4)14-16-8-10-17(26-5)11-9-16)22-15-20(12-6-7-13-20)18(25)23(2)3;/h8-11H,6-7,12-15H2,1-5H3,(H,21,22);1H. The summed E-state index contributed by atoms with van der Waals surface area (Å²) in [7, 11) is 9.14. The molecule has 0 bridgehead atoms. The zero-order chi connectivity index (χ0) is 19.2. The first-order chi connectivity index (χ1) is 12.4. The predicted octanol–water partition coefficient (Wildman–Crippen LogP) is 2.97. The normalized spacial score (nSPS) is 15.7. The number of hydrogen-bond acceptors (Lipinski definition) is 3. The van der Waals surface area contributed by atoms with Gasteiger partial charge in [-0.3, -0.25) is 9.79 Å². The Labute approximate surface area is 180 Å². The van der Waals surface area contributed by atoms with Gasteiger partial charge in [-0.05, 0) is 30.5 Å². The van der Waals surface area contributed by atoms with Crippen LogP contribution in [0.25, 0.3) is 0 Å². The van der Waals surface area contributed by atoms with E-state index in [1.165, 1.54) is 5.56 Å². The second-order valence-corrected chi connectivity index (χ2v) is 7.29. The van der Waals surface area contributed by atoms with Crippen LogP contribution in [0, 0.1) is 5.41 Å². The van der Waals surface area contributed by atoms with Gasteiger partial charge in [-0.1, -0.05) is 25.0 Å². The van der Waals surface area contributed by atoms with Gasteiger partial charge in [-0.15, -0.1) is 24.0 Å². The number of hydrogen-bond donors (Lipinski definition) is 1. The molecule has 0 heterocycles. The van der Waals surface area contributed by atoms with E-state index < -0.39 is 0 Å². The van der Waals surface area contributed by atoms with Crippen molar-refractivity contribution in [1.82, 2.24) is 15.1 Å². The minimum atomic E-state index is -0.305. The third kappa shape index (κ3) is 5.99. The average Bonchev–Trinajstić information content (AvgIpc) is 3.12. The Hall–Kier alpha value is -1.51. The lowest BCUT2D eigenvalue weighted by Crippen LogP contribution is -2.49. The van der Waals surface area contributed by atoms with E-state index in [1.54, 1.807) is 19.1 Å². The maximum atomic E-state index is 12.7. The Bertz CT molecular complexity index is 625. The number of halogens is 1. The molecule has 7 heteroatoms. The molecule has 27 heavy (non-hydrogen) atoms. The van der Waals surface area contributed by atoms with Crippen molar-refractivity contribution in [2.45, 2.75) is 32.2 Å². The van der Waals surface area contributed by atoms with Crippen LogP contribution < -0.4 is 10.1 Å². The zero-order valence-corrected chi connectivity index (χ0v) is 19.4. The summed E-state index contributed by atoms with van der Waals surface area (Å²) < 4.78 is 5.21. The number of amides is 1. The second-order valence-electron chi connectivity index (χ2n) is 7.29. The van der Waals surface area contributed by atoms with E-state index in [4.69, 9.17) is 4.74 Å².